The molecule has 4 nitrogen and oxygen atoms in total. The number of rotatable bonds is 1. The van der Waals surface area contributed by atoms with Gasteiger partial charge in [-0.2, -0.15) is 0 Å². The lowest BCUT2D eigenvalue weighted by atomic mass is 10.2. The third-order valence-corrected chi connectivity index (χ3v) is 4.47. The maximum Gasteiger partial charge on any atom is 0.246 e. The number of fused-ring (bicyclic) bond motifs is 2. The highest BCUT2D eigenvalue weighted by atomic mass is 35.5. The average molecular weight is 309 g/mol. The summed E-state index contributed by atoms with van der Waals surface area (Å²) in [6.07, 6.45) is 0. The zero-order chi connectivity index (χ0) is 14.3. The Bertz CT molecular complexity index is 684. The van der Waals surface area contributed by atoms with E-state index in [4.69, 9.17) is 11.6 Å². The Hall–Kier alpha value is -1.72. The van der Waals surface area contributed by atoms with Crippen LogP contribution in [0.5, 0.6) is 5.75 Å². The van der Waals surface area contributed by atoms with Gasteiger partial charge < -0.3 is 10.4 Å². The van der Waals surface area contributed by atoms with Crippen molar-refractivity contribution >= 4 is 45.9 Å². The highest BCUT2D eigenvalue weighted by molar-refractivity contribution is 7.10. The van der Waals surface area contributed by atoms with Crippen molar-refractivity contribution in [1.82, 2.24) is 0 Å². The minimum Gasteiger partial charge on any atom is -0.508 e. The number of anilines is 3. The van der Waals surface area contributed by atoms with Crippen LogP contribution >= 0.6 is 22.9 Å². The van der Waals surface area contributed by atoms with Crippen LogP contribution in [0.2, 0.25) is 0 Å². The Balaban J connectivity index is 2.26. The number of hydrogen-bond donors (Lipinski definition) is 2. The third kappa shape index (κ3) is 2.03. The van der Waals surface area contributed by atoms with Crippen molar-refractivity contribution in [1.29, 1.82) is 0 Å². The number of thiophene rings is 1. The van der Waals surface area contributed by atoms with Crippen molar-refractivity contribution in [3.05, 3.63) is 34.0 Å². The van der Waals surface area contributed by atoms with Crippen molar-refractivity contribution in [2.24, 2.45) is 0 Å². The van der Waals surface area contributed by atoms with Gasteiger partial charge in [-0.15, -0.1) is 22.9 Å². The second-order valence-electron chi connectivity index (χ2n) is 4.58. The van der Waals surface area contributed by atoms with Gasteiger partial charge in [0.1, 0.15) is 11.6 Å². The van der Waals surface area contributed by atoms with Gasteiger partial charge in [-0.3, -0.25) is 9.69 Å². The molecule has 1 aliphatic rings. The Morgan fingerprint density at radius 2 is 2.35 bits per heavy atom. The number of carbonyl (C=O) groups excluding carboxylic acids is 1. The molecule has 3 rings (SSSR count). The molecular weight excluding hydrogens is 296 g/mol. The van der Waals surface area contributed by atoms with Crippen molar-refractivity contribution in [2.75, 3.05) is 16.1 Å². The first-order valence-electron chi connectivity index (χ1n) is 6.14. The van der Waals surface area contributed by atoms with Gasteiger partial charge in [0, 0.05) is 23.1 Å². The minimum atomic E-state index is -0.204. The van der Waals surface area contributed by atoms with Gasteiger partial charge in [0.25, 0.3) is 0 Å². The van der Waals surface area contributed by atoms with Crippen molar-refractivity contribution in [3.8, 4) is 5.75 Å². The van der Waals surface area contributed by atoms with Crippen LogP contribution in [0.25, 0.3) is 0 Å². The van der Waals surface area contributed by atoms with E-state index in [9.17, 15) is 9.90 Å². The summed E-state index contributed by atoms with van der Waals surface area (Å²) in [4.78, 5) is 14.9. The second-order valence-corrected chi connectivity index (χ2v) is 5.93. The number of amides is 1. The molecule has 0 aliphatic carbocycles. The van der Waals surface area contributed by atoms with Crippen LogP contribution in [-0.2, 0) is 11.3 Å². The number of benzene rings is 1. The molecule has 2 heterocycles. The molecular formula is C14H13ClN2O2S. The molecule has 0 spiro atoms. The smallest absolute Gasteiger partial charge is 0.246 e. The van der Waals surface area contributed by atoms with E-state index in [-0.39, 0.29) is 17.5 Å². The normalized spacial score (nSPS) is 13.2. The highest BCUT2D eigenvalue weighted by Crippen LogP contribution is 2.43. The molecule has 1 amide bonds. The number of alkyl halides is 1. The maximum absolute atomic E-state index is 12.3. The van der Waals surface area contributed by atoms with E-state index in [2.05, 4.69) is 5.32 Å². The van der Waals surface area contributed by atoms with Crippen LogP contribution < -0.4 is 10.2 Å². The van der Waals surface area contributed by atoms with Crippen LogP contribution in [0, 0.1) is 6.92 Å². The standard InChI is InChI=1S/C14H13ClN2O2S/c1-8-14-9(7-20-8)6-16-11-3-2-10(18)4-12(11)17(14)13(19)5-15/h2-4,7,16,18H,5-6H2,1H3. The number of phenolic OH excluding ortho intramolecular Hbond substituents is 1. The summed E-state index contributed by atoms with van der Waals surface area (Å²) >= 11 is 7.36. The topological polar surface area (TPSA) is 52.6 Å². The molecule has 0 atom stereocenters. The fourth-order valence-electron chi connectivity index (χ4n) is 2.41. The predicted octanol–water partition coefficient (Wildman–Crippen LogP) is 3.59. The molecule has 6 heteroatoms. The molecule has 104 valence electrons. The summed E-state index contributed by atoms with van der Waals surface area (Å²) in [5, 5.41) is 15.1. The van der Waals surface area contributed by atoms with Gasteiger partial charge in [-0.1, -0.05) is 0 Å². The number of halogens is 1. The van der Waals surface area contributed by atoms with Crippen LogP contribution in [0.1, 0.15) is 10.4 Å². The Morgan fingerprint density at radius 3 is 3.10 bits per heavy atom. The lowest BCUT2D eigenvalue weighted by Crippen LogP contribution is -2.27. The van der Waals surface area contributed by atoms with Gasteiger partial charge in [-0.05, 0) is 24.4 Å². The number of phenols is 1. The van der Waals surface area contributed by atoms with Crippen molar-refractivity contribution < 1.29 is 9.90 Å². The predicted molar refractivity (Wildman–Crippen MR) is 82.4 cm³/mol. The first-order chi connectivity index (χ1) is 9.61. The van der Waals surface area contributed by atoms with Gasteiger partial charge >= 0.3 is 0 Å². The molecule has 2 N–H and O–H groups in total. The summed E-state index contributed by atoms with van der Waals surface area (Å²) in [6, 6.07) is 4.95. The number of aryl methyl sites for hydroxylation is 1. The number of nitrogens with zero attached hydrogens (tertiary/aromatic N) is 1. The van der Waals surface area contributed by atoms with E-state index in [1.165, 1.54) is 0 Å². The third-order valence-electron chi connectivity index (χ3n) is 3.29. The lowest BCUT2D eigenvalue weighted by molar-refractivity contribution is -0.115. The summed E-state index contributed by atoms with van der Waals surface area (Å²) in [5.74, 6) is -0.191. The summed E-state index contributed by atoms with van der Waals surface area (Å²) in [6.45, 7) is 2.62. The van der Waals surface area contributed by atoms with Crippen LogP contribution in [-0.4, -0.2) is 16.9 Å². The minimum absolute atomic E-state index is 0.107. The largest absolute Gasteiger partial charge is 0.508 e. The molecule has 0 saturated heterocycles. The summed E-state index contributed by atoms with van der Waals surface area (Å²) < 4.78 is 0. The molecule has 0 saturated carbocycles. The first kappa shape index (κ1) is 13.3. The zero-order valence-electron chi connectivity index (χ0n) is 10.8. The Morgan fingerprint density at radius 1 is 1.55 bits per heavy atom. The number of hydrogen-bond acceptors (Lipinski definition) is 4. The van der Waals surface area contributed by atoms with E-state index in [1.54, 1.807) is 34.4 Å². The van der Waals surface area contributed by atoms with Crippen LogP contribution in [0.15, 0.2) is 23.6 Å². The fraction of sp³-hybridized carbons (Fsp3) is 0.214. The molecule has 0 unspecified atom stereocenters. The quantitative estimate of drug-likeness (QED) is 0.625. The van der Waals surface area contributed by atoms with Gasteiger partial charge in [-0.25, -0.2) is 0 Å². The van der Waals surface area contributed by atoms with Crippen molar-refractivity contribution in [3.63, 3.8) is 0 Å². The molecule has 0 radical (unpaired) electrons. The first-order valence-corrected chi connectivity index (χ1v) is 7.56. The molecule has 1 aliphatic heterocycles. The van der Waals surface area contributed by atoms with E-state index in [0.717, 1.165) is 21.8 Å². The molecule has 2 aromatic rings. The SMILES string of the molecule is Cc1scc2c1N(C(=O)CCl)c1cc(O)ccc1NC2. The van der Waals surface area contributed by atoms with Gasteiger partial charge in [0.15, 0.2) is 0 Å². The number of nitrogens with one attached hydrogen (secondary N) is 1. The molecule has 1 aromatic carbocycles. The molecule has 0 fully saturated rings. The van der Waals surface area contributed by atoms with Crippen molar-refractivity contribution in [2.45, 2.75) is 13.5 Å². The summed E-state index contributed by atoms with van der Waals surface area (Å²) in [7, 11) is 0. The van der Waals surface area contributed by atoms with Gasteiger partial charge in [0.05, 0.1) is 17.1 Å². The second kappa shape index (κ2) is 5.00. The Kier molecular flexibility index (Phi) is 3.31. The molecule has 0 bridgehead atoms. The maximum atomic E-state index is 12.3. The van der Waals surface area contributed by atoms with E-state index in [0.29, 0.717) is 12.2 Å². The Labute approximate surface area is 125 Å². The monoisotopic (exact) mass is 308 g/mol. The number of aromatic hydroxyl groups is 1. The molecule has 20 heavy (non-hydrogen) atoms. The van der Waals surface area contributed by atoms with E-state index in [1.807, 2.05) is 12.3 Å². The summed E-state index contributed by atoms with van der Waals surface area (Å²) in [5.41, 5.74) is 3.37. The van der Waals surface area contributed by atoms with E-state index < -0.39 is 0 Å². The van der Waals surface area contributed by atoms with Crippen LogP contribution in [0.3, 0.4) is 0 Å². The van der Waals surface area contributed by atoms with Gasteiger partial charge in [0.2, 0.25) is 5.91 Å². The average Bonchev–Trinajstić information content (AvgIpc) is 2.71. The van der Waals surface area contributed by atoms with Crippen LogP contribution in [0.4, 0.5) is 17.1 Å². The lowest BCUT2D eigenvalue weighted by Gasteiger charge is -2.23. The highest BCUT2D eigenvalue weighted by Gasteiger charge is 2.28. The fourth-order valence-corrected chi connectivity index (χ4v) is 3.38. The van der Waals surface area contributed by atoms with E-state index >= 15 is 0 Å². The zero-order valence-corrected chi connectivity index (χ0v) is 12.4. The molecule has 1 aromatic heterocycles. The number of carbonyl (C=O) groups is 1.